The first-order chi connectivity index (χ1) is 14.5. The van der Waals surface area contributed by atoms with E-state index in [1.54, 1.807) is 0 Å². The fraction of sp³-hybridized carbons (Fsp3) is 0.423. The Morgan fingerprint density at radius 3 is 2.50 bits per heavy atom. The molecule has 1 fully saturated rings. The molecule has 30 heavy (non-hydrogen) atoms. The van der Waals surface area contributed by atoms with E-state index in [1.165, 1.54) is 44.1 Å². The van der Waals surface area contributed by atoms with E-state index in [1.807, 2.05) is 16.7 Å². The van der Waals surface area contributed by atoms with Gasteiger partial charge in [-0.25, -0.2) is 4.79 Å². The third-order valence-electron chi connectivity index (χ3n) is 6.54. The fourth-order valence-electron chi connectivity index (χ4n) is 4.81. The van der Waals surface area contributed by atoms with Crippen molar-refractivity contribution in [1.82, 2.24) is 9.88 Å². The van der Waals surface area contributed by atoms with Crippen LogP contribution in [0.1, 0.15) is 71.3 Å². The van der Waals surface area contributed by atoms with Crippen molar-refractivity contribution < 1.29 is 9.90 Å². The predicted octanol–water partition coefficient (Wildman–Crippen LogP) is 5.82. The molecular weight excluding hydrogens is 372 g/mol. The minimum atomic E-state index is -0.852. The standard InChI is InChI=1S/C26H32N2O2/c1-18-13-14-22-23(16-27-21-11-5-3-4-6-12-21)25(26(29)30)28(24(22)15-18)17-20-10-8-7-9-19(20)2/h7-10,13-15,21,27H,3-6,11-12,16-17H2,1-2H3,(H,29,30). The zero-order chi connectivity index (χ0) is 21.1. The van der Waals surface area contributed by atoms with Crippen LogP contribution in [0.3, 0.4) is 0 Å². The second kappa shape index (κ2) is 9.05. The van der Waals surface area contributed by atoms with Crippen LogP contribution in [0.25, 0.3) is 10.9 Å². The average molecular weight is 405 g/mol. The van der Waals surface area contributed by atoms with Gasteiger partial charge in [0.2, 0.25) is 0 Å². The lowest BCUT2D eigenvalue weighted by atomic mass is 10.1. The van der Waals surface area contributed by atoms with Crippen molar-refractivity contribution in [2.45, 2.75) is 71.5 Å². The largest absolute Gasteiger partial charge is 0.477 e. The smallest absolute Gasteiger partial charge is 0.352 e. The molecule has 0 aliphatic heterocycles. The molecule has 1 aliphatic rings. The first-order valence-electron chi connectivity index (χ1n) is 11.2. The van der Waals surface area contributed by atoms with Crippen LogP contribution in [-0.2, 0) is 13.1 Å². The van der Waals surface area contributed by atoms with Crippen LogP contribution in [-0.4, -0.2) is 21.7 Å². The molecule has 3 aromatic rings. The summed E-state index contributed by atoms with van der Waals surface area (Å²) in [5, 5.41) is 14.9. The van der Waals surface area contributed by atoms with Crippen molar-refractivity contribution in [3.05, 3.63) is 70.4 Å². The quantitative estimate of drug-likeness (QED) is 0.509. The van der Waals surface area contributed by atoms with Crippen LogP contribution in [0.5, 0.6) is 0 Å². The lowest BCUT2D eigenvalue weighted by Gasteiger charge is -2.16. The number of nitrogens with one attached hydrogen (secondary N) is 1. The van der Waals surface area contributed by atoms with E-state index in [2.05, 4.69) is 49.5 Å². The Balaban J connectivity index is 1.76. The number of carbonyl (C=O) groups is 1. The highest BCUT2D eigenvalue weighted by molar-refractivity contribution is 5.98. The minimum Gasteiger partial charge on any atom is -0.477 e. The Morgan fingerprint density at radius 2 is 1.80 bits per heavy atom. The number of nitrogens with zero attached hydrogens (tertiary/aromatic N) is 1. The third-order valence-corrected chi connectivity index (χ3v) is 6.54. The molecule has 4 heteroatoms. The zero-order valence-corrected chi connectivity index (χ0v) is 18.1. The molecule has 0 bridgehead atoms. The maximum atomic E-state index is 12.4. The van der Waals surface area contributed by atoms with Crippen molar-refractivity contribution in [3.8, 4) is 0 Å². The van der Waals surface area contributed by atoms with Crippen LogP contribution in [0.4, 0.5) is 0 Å². The second-order valence-electron chi connectivity index (χ2n) is 8.73. The van der Waals surface area contributed by atoms with Gasteiger partial charge in [0.05, 0.1) is 0 Å². The first kappa shape index (κ1) is 20.7. The van der Waals surface area contributed by atoms with Crippen LogP contribution < -0.4 is 5.32 Å². The summed E-state index contributed by atoms with van der Waals surface area (Å²) in [6.45, 7) is 5.32. The molecule has 0 spiro atoms. The summed E-state index contributed by atoms with van der Waals surface area (Å²) >= 11 is 0. The summed E-state index contributed by atoms with van der Waals surface area (Å²) in [5.41, 5.74) is 5.82. The zero-order valence-electron chi connectivity index (χ0n) is 18.1. The Bertz CT molecular complexity index is 1040. The number of fused-ring (bicyclic) bond motifs is 1. The van der Waals surface area contributed by atoms with Crippen molar-refractivity contribution in [1.29, 1.82) is 0 Å². The summed E-state index contributed by atoms with van der Waals surface area (Å²) < 4.78 is 2.00. The monoisotopic (exact) mass is 404 g/mol. The molecule has 158 valence electrons. The highest BCUT2D eigenvalue weighted by Gasteiger charge is 2.23. The number of hydrogen-bond acceptors (Lipinski definition) is 2. The molecule has 1 heterocycles. The lowest BCUT2D eigenvalue weighted by Crippen LogP contribution is -2.28. The SMILES string of the molecule is Cc1ccc2c(CNC3CCCCCC3)c(C(=O)O)n(Cc3ccccc3C)c2c1. The average Bonchev–Trinajstić information content (AvgIpc) is 2.86. The van der Waals surface area contributed by atoms with Gasteiger partial charge >= 0.3 is 5.97 Å². The second-order valence-corrected chi connectivity index (χ2v) is 8.73. The topological polar surface area (TPSA) is 54.3 Å². The van der Waals surface area contributed by atoms with E-state index in [-0.39, 0.29) is 0 Å². The summed E-state index contributed by atoms with van der Waals surface area (Å²) in [5.74, 6) is -0.852. The maximum absolute atomic E-state index is 12.4. The van der Waals surface area contributed by atoms with Crippen molar-refractivity contribution in [3.63, 3.8) is 0 Å². The van der Waals surface area contributed by atoms with E-state index < -0.39 is 5.97 Å². The van der Waals surface area contributed by atoms with E-state index in [9.17, 15) is 9.90 Å². The van der Waals surface area contributed by atoms with E-state index >= 15 is 0 Å². The molecule has 0 radical (unpaired) electrons. The fourth-order valence-corrected chi connectivity index (χ4v) is 4.81. The van der Waals surface area contributed by atoms with E-state index in [4.69, 9.17) is 0 Å². The van der Waals surface area contributed by atoms with Crippen LogP contribution >= 0.6 is 0 Å². The van der Waals surface area contributed by atoms with Crippen molar-refractivity contribution in [2.75, 3.05) is 0 Å². The maximum Gasteiger partial charge on any atom is 0.352 e. The van der Waals surface area contributed by atoms with Gasteiger partial charge in [0.25, 0.3) is 0 Å². The number of rotatable bonds is 6. The normalized spacial score (nSPS) is 15.4. The number of aromatic carboxylic acids is 1. The van der Waals surface area contributed by atoms with Gasteiger partial charge in [-0.05, 0) is 49.4 Å². The van der Waals surface area contributed by atoms with Gasteiger partial charge in [-0.3, -0.25) is 0 Å². The van der Waals surface area contributed by atoms with Gasteiger partial charge in [0.1, 0.15) is 5.69 Å². The molecule has 0 unspecified atom stereocenters. The van der Waals surface area contributed by atoms with Gasteiger partial charge in [-0.1, -0.05) is 62.1 Å². The molecule has 2 aromatic carbocycles. The molecule has 1 aromatic heterocycles. The Labute approximate surface area is 178 Å². The van der Waals surface area contributed by atoms with Gasteiger partial charge in [0, 0.05) is 35.6 Å². The summed E-state index contributed by atoms with van der Waals surface area (Å²) in [6.07, 6.45) is 7.52. The van der Waals surface area contributed by atoms with Crippen molar-refractivity contribution in [2.24, 2.45) is 0 Å². The summed E-state index contributed by atoms with van der Waals surface area (Å²) in [6, 6.07) is 15.0. The van der Waals surface area contributed by atoms with Gasteiger partial charge in [0.15, 0.2) is 0 Å². The van der Waals surface area contributed by atoms with E-state index in [0.29, 0.717) is 24.8 Å². The minimum absolute atomic E-state index is 0.417. The van der Waals surface area contributed by atoms with Crippen molar-refractivity contribution >= 4 is 16.9 Å². The van der Waals surface area contributed by atoms with Gasteiger partial charge in [-0.2, -0.15) is 0 Å². The molecule has 1 aliphatic carbocycles. The first-order valence-corrected chi connectivity index (χ1v) is 11.2. The van der Waals surface area contributed by atoms with Crippen LogP contribution in [0.15, 0.2) is 42.5 Å². The number of carboxylic acids is 1. The van der Waals surface area contributed by atoms with Crippen LogP contribution in [0.2, 0.25) is 0 Å². The molecule has 1 saturated carbocycles. The predicted molar refractivity (Wildman–Crippen MR) is 122 cm³/mol. The Hall–Kier alpha value is -2.59. The molecule has 0 amide bonds. The Morgan fingerprint density at radius 1 is 1.07 bits per heavy atom. The highest BCUT2D eigenvalue weighted by Crippen LogP contribution is 2.29. The van der Waals surface area contributed by atoms with Crippen LogP contribution in [0, 0.1) is 13.8 Å². The molecule has 0 atom stereocenters. The molecule has 4 rings (SSSR count). The summed E-state index contributed by atoms with van der Waals surface area (Å²) in [7, 11) is 0. The Kier molecular flexibility index (Phi) is 6.24. The number of hydrogen-bond donors (Lipinski definition) is 2. The summed E-state index contributed by atoms with van der Waals surface area (Å²) in [4.78, 5) is 12.4. The third kappa shape index (κ3) is 4.29. The highest BCUT2D eigenvalue weighted by atomic mass is 16.4. The number of benzene rings is 2. The number of aromatic nitrogens is 1. The lowest BCUT2D eigenvalue weighted by molar-refractivity contribution is 0.0684. The number of aryl methyl sites for hydroxylation is 2. The molecule has 4 nitrogen and oxygen atoms in total. The molecule has 0 saturated heterocycles. The van der Waals surface area contributed by atoms with Gasteiger partial charge in [-0.15, -0.1) is 0 Å². The molecular formula is C26H32N2O2. The van der Waals surface area contributed by atoms with Gasteiger partial charge < -0.3 is 15.0 Å². The number of carboxylic acid groups (broad SMARTS) is 1. The molecule has 2 N–H and O–H groups in total. The van der Waals surface area contributed by atoms with E-state index in [0.717, 1.165) is 27.6 Å².